The average Bonchev–Trinajstić information content (AvgIpc) is 2.93. The first-order valence-electron chi connectivity index (χ1n) is 6.53. The zero-order chi connectivity index (χ0) is 12.5. The van der Waals surface area contributed by atoms with Gasteiger partial charge in [0.2, 0.25) is 0 Å². The summed E-state index contributed by atoms with van der Waals surface area (Å²) in [5.74, 6) is 0.579. The molecule has 4 heteroatoms. The van der Waals surface area contributed by atoms with Crippen molar-refractivity contribution in [1.29, 1.82) is 0 Å². The lowest BCUT2D eigenvalue weighted by Gasteiger charge is -2.08. The Morgan fingerprint density at radius 1 is 1.33 bits per heavy atom. The highest BCUT2D eigenvalue weighted by Gasteiger charge is 2.16. The molecule has 0 unspecified atom stereocenters. The number of hydrogen-bond donors (Lipinski definition) is 0. The van der Waals surface area contributed by atoms with Crippen LogP contribution >= 0.6 is 22.6 Å². The van der Waals surface area contributed by atoms with E-state index in [9.17, 15) is 4.79 Å². The Labute approximate surface area is 119 Å². The zero-order valence-electron chi connectivity index (χ0n) is 10.2. The number of fused-ring (bicyclic) bond motifs is 1. The van der Waals surface area contributed by atoms with Crippen molar-refractivity contribution in [3.63, 3.8) is 0 Å². The Morgan fingerprint density at radius 3 is 2.89 bits per heavy atom. The highest BCUT2D eigenvalue weighted by Crippen LogP contribution is 2.28. The molecule has 96 valence electrons. The van der Waals surface area contributed by atoms with E-state index in [4.69, 9.17) is 4.42 Å². The maximum absolute atomic E-state index is 11.8. The lowest BCUT2D eigenvalue weighted by molar-refractivity contribution is 0.433. The Bertz CT molecular complexity index is 608. The summed E-state index contributed by atoms with van der Waals surface area (Å²) in [4.78, 5) is 11.8. The molecule has 0 N–H and O–H groups in total. The summed E-state index contributed by atoms with van der Waals surface area (Å²) < 4.78 is 8.17. The molecule has 1 heterocycles. The topological polar surface area (TPSA) is 35.1 Å². The van der Waals surface area contributed by atoms with Gasteiger partial charge in [0.1, 0.15) is 0 Å². The largest absolute Gasteiger partial charge is 0.419 e. The zero-order valence-corrected chi connectivity index (χ0v) is 12.4. The van der Waals surface area contributed by atoms with Gasteiger partial charge < -0.3 is 4.42 Å². The standard InChI is InChI=1S/C14H16INO2/c15-11-5-6-12-13(9-11)18-14(17)16(12)8-7-10-3-1-2-4-10/h5-6,9-10H,1-4,7-8H2. The maximum Gasteiger partial charge on any atom is 0.419 e. The van der Waals surface area contributed by atoms with Crippen molar-refractivity contribution in [3.05, 3.63) is 32.3 Å². The third-order valence-corrected chi connectivity index (χ3v) is 4.54. The van der Waals surface area contributed by atoms with E-state index >= 15 is 0 Å². The molecule has 0 saturated heterocycles. The van der Waals surface area contributed by atoms with E-state index in [2.05, 4.69) is 22.6 Å². The van der Waals surface area contributed by atoms with Crippen molar-refractivity contribution in [2.45, 2.75) is 38.6 Å². The van der Waals surface area contributed by atoms with Crippen LogP contribution < -0.4 is 5.76 Å². The van der Waals surface area contributed by atoms with E-state index < -0.39 is 0 Å². The molecule has 1 fully saturated rings. The Morgan fingerprint density at radius 2 is 2.11 bits per heavy atom. The molecular formula is C14H16INO2. The lowest BCUT2D eigenvalue weighted by atomic mass is 10.0. The Hall–Kier alpha value is -0.780. The first-order chi connectivity index (χ1) is 8.74. The Balaban J connectivity index is 1.86. The van der Waals surface area contributed by atoms with Gasteiger partial charge in [-0.2, -0.15) is 0 Å². The molecule has 18 heavy (non-hydrogen) atoms. The van der Waals surface area contributed by atoms with E-state index in [1.165, 1.54) is 25.7 Å². The number of aryl methyl sites for hydroxylation is 1. The van der Waals surface area contributed by atoms with Crippen molar-refractivity contribution in [1.82, 2.24) is 4.57 Å². The summed E-state index contributed by atoms with van der Waals surface area (Å²) in [7, 11) is 0. The predicted octanol–water partition coefficient (Wildman–Crippen LogP) is 3.78. The molecule has 0 radical (unpaired) electrons. The molecular weight excluding hydrogens is 341 g/mol. The molecule has 0 atom stereocenters. The fraction of sp³-hybridized carbons (Fsp3) is 0.500. The van der Waals surface area contributed by atoms with Crippen molar-refractivity contribution in [2.75, 3.05) is 0 Å². The molecule has 0 amide bonds. The summed E-state index contributed by atoms with van der Waals surface area (Å²) in [5, 5.41) is 0. The molecule has 1 saturated carbocycles. The summed E-state index contributed by atoms with van der Waals surface area (Å²) >= 11 is 2.23. The molecule has 1 aliphatic carbocycles. The van der Waals surface area contributed by atoms with Crippen molar-refractivity contribution < 1.29 is 4.42 Å². The van der Waals surface area contributed by atoms with Crippen LogP contribution in [-0.4, -0.2) is 4.57 Å². The van der Waals surface area contributed by atoms with E-state index in [-0.39, 0.29) is 5.76 Å². The van der Waals surface area contributed by atoms with Crippen molar-refractivity contribution in [3.8, 4) is 0 Å². The summed E-state index contributed by atoms with van der Waals surface area (Å²) in [6.45, 7) is 0.789. The molecule has 0 aliphatic heterocycles. The lowest BCUT2D eigenvalue weighted by Crippen LogP contribution is -2.15. The van der Waals surface area contributed by atoms with Crippen LogP contribution in [0.3, 0.4) is 0 Å². The van der Waals surface area contributed by atoms with Crippen LogP contribution in [0.15, 0.2) is 27.4 Å². The van der Waals surface area contributed by atoms with Crippen LogP contribution in [-0.2, 0) is 6.54 Å². The van der Waals surface area contributed by atoms with Gasteiger partial charge in [0.15, 0.2) is 5.58 Å². The molecule has 0 spiro atoms. The fourth-order valence-electron chi connectivity index (χ4n) is 2.86. The van der Waals surface area contributed by atoms with Crippen LogP contribution in [0.25, 0.3) is 11.1 Å². The second kappa shape index (κ2) is 5.07. The van der Waals surface area contributed by atoms with Gasteiger partial charge in [0.25, 0.3) is 0 Å². The van der Waals surface area contributed by atoms with Gasteiger partial charge in [-0.05, 0) is 53.1 Å². The number of oxazole rings is 1. The summed E-state index contributed by atoms with van der Waals surface area (Å²) in [5.41, 5.74) is 1.64. The average molecular weight is 357 g/mol. The highest BCUT2D eigenvalue weighted by atomic mass is 127. The summed E-state index contributed by atoms with van der Waals surface area (Å²) in [6.07, 6.45) is 6.44. The third kappa shape index (κ3) is 2.35. The normalized spacial score (nSPS) is 16.7. The Kier molecular flexibility index (Phi) is 3.46. The van der Waals surface area contributed by atoms with Gasteiger partial charge >= 0.3 is 5.76 Å². The quantitative estimate of drug-likeness (QED) is 0.784. The van der Waals surface area contributed by atoms with Crippen LogP contribution in [0.1, 0.15) is 32.1 Å². The smallest absolute Gasteiger partial charge is 0.408 e. The molecule has 3 nitrogen and oxygen atoms in total. The maximum atomic E-state index is 11.8. The van der Waals surface area contributed by atoms with E-state index in [1.54, 1.807) is 4.57 Å². The van der Waals surface area contributed by atoms with Gasteiger partial charge in [-0.1, -0.05) is 25.7 Å². The molecule has 0 bridgehead atoms. The number of hydrogen-bond acceptors (Lipinski definition) is 2. The van der Waals surface area contributed by atoms with Crippen molar-refractivity contribution >= 4 is 33.7 Å². The first kappa shape index (κ1) is 12.3. The minimum atomic E-state index is -0.218. The van der Waals surface area contributed by atoms with Gasteiger partial charge in [-0.25, -0.2) is 4.79 Å². The summed E-state index contributed by atoms with van der Waals surface area (Å²) in [6, 6.07) is 5.92. The van der Waals surface area contributed by atoms with Gasteiger partial charge in [-0.3, -0.25) is 4.57 Å². The first-order valence-corrected chi connectivity index (χ1v) is 7.61. The molecule has 3 rings (SSSR count). The number of aromatic nitrogens is 1. The van der Waals surface area contributed by atoms with Gasteiger partial charge in [-0.15, -0.1) is 0 Å². The predicted molar refractivity (Wildman–Crippen MR) is 79.8 cm³/mol. The fourth-order valence-corrected chi connectivity index (χ4v) is 3.33. The van der Waals surface area contributed by atoms with Crippen LogP contribution in [0, 0.1) is 9.49 Å². The molecule has 2 aromatic rings. The van der Waals surface area contributed by atoms with Crippen molar-refractivity contribution in [2.24, 2.45) is 5.92 Å². The van der Waals surface area contributed by atoms with Crippen LogP contribution in [0.4, 0.5) is 0 Å². The van der Waals surface area contributed by atoms with Gasteiger partial charge in [0.05, 0.1) is 5.52 Å². The second-order valence-electron chi connectivity index (χ2n) is 5.07. The van der Waals surface area contributed by atoms with E-state index in [0.29, 0.717) is 5.58 Å². The van der Waals surface area contributed by atoms with E-state index in [0.717, 1.165) is 28.0 Å². The van der Waals surface area contributed by atoms with E-state index in [1.807, 2.05) is 18.2 Å². The molecule has 1 aliphatic rings. The number of halogens is 1. The highest BCUT2D eigenvalue weighted by molar-refractivity contribution is 14.1. The van der Waals surface area contributed by atoms with Crippen LogP contribution in [0.2, 0.25) is 0 Å². The third-order valence-electron chi connectivity index (χ3n) is 3.87. The molecule has 1 aromatic heterocycles. The number of benzene rings is 1. The number of nitrogens with zero attached hydrogens (tertiary/aromatic N) is 1. The van der Waals surface area contributed by atoms with Gasteiger partial charge in [0, 0.05) is 10.1 Å². The number of rotatable bonds is 3. The monoisotopic (exact) mass is 357 g/mol. The second-order valence-corrected chi connectivity index (χ2v) is 6.32. The SMILES string of the molecule is O=c1oc2cc(I)ccc2n1CCC1CCCC1. The minimum absolute atomic E-state index is 0.218. The van der Waals surface area contributed by atoms with Crippen LogP contribution in [0.5, 0.6) is 0 Å². The molecule has 1 aromatic carbocycles. The minimum Gasteiger partial charge on any atom is -0.408 e.